The van der Waals surface area contributed by atoms with E-state index in [1.807, 2.05) is 6.92 Å². The molecule has 4 unspecified atom stereocenters. The quantitative estimate of drug-likeness (QED) is 0.715. The maximum atomic E-state index is 12.0. The van der Waals surface area contributed by atoms with Gasteiger partial charge in [-0.15, -0.1) is 0 Å². The number of ether oxygens (including phenoxy) is 1. The molecular formula is C13H23NO3. The molecule has 1 saturated heterocycles. The lowest BCUT2D eigenvalue weighted by molar-refractivity contribution is -0.133. The Hall–Kier alpha value is -0.610. The van der Waals surface area contributed by atoms with Crippen molar-refractivity contribution in [3.05, 3.63) is 0 Å². The fourth-order valence-electron chi connectivity index (χ4n) is 2.75. The summed E-state index contributed by atoms with van der Waals surface area (Å²) in [6.45, 7) is 2.72. The zero-order chi connectivity index (χ0) is 12.3. The molecule has 0 aromatic carbocycles. The number of amides is 1. The third-order valence-corrected chi connectivity index (χ3v) is 3.95. The van der Waals surface area contributed by atoms with E-state index in [0.29, 0.717) is 6.61 Å². The molecule has 1 aliphatic carbocycles. The van der Waals surface area contributed by atoms with E-state index in [9.17, 15) is 9.90 Å². The molecule has 4 atom stereocenters. The van der Waals surface area contributed by atoms with Gasteiger partial charge in [0.05, 0.1) is 12.1 Å². The number of aliphatic hydroxyl groups excluding tert-OH is 1. The van der Waals surface area contributed by atoms with Gasteiger partial charge in [0.2, 0.25) is 5.91 Å². The van der Waals surface area contributed by atoms with Gasteiger partial charge in [0.1, 0.15) is 6.10 Å². The van der Waals surface area contributed by atoms with Crippen LogP contribution in [0.25, 0.3) is 0 Å². The normalized spacial score (nSPS) is 38.7. The molecule has 4 heteroatoms. The molecule has 2 N–H and O–H groups in total. The highest BCUT2D eigenvalue weighted by molar-refractivity contribution is 5.81. The van der Waals surface area contributed by atoms with Crippen molar-refractivity contribution in [1.82, 2.24) is 5.32 Å². The standard InChI is InChI=1S/C13H23NO3/c1-9-7-8-17-12(9)13(16)14-10-5-3-2-4-6-11(10)15/h9-12,15H,2-8H2,1H3,(H,14,16). The molecule has 2 fully saturated rings. The summed E-state index contributed by atoms with van der Waals surface area (Å²) in [6, 6.07) is -0.0820. The Balaban J connectivity index is 1.88. The van der Waals surface area contributed by atoms with Gasteiger partial charge in [-0.25, -0.2) is 0 Å². The van der Waals surface area contributed by atoms with Crippen molar-refractivity contribution in [2.24, 2.45) is 5.92 Å². The second kappa shape index (κ2) is 5.83. The minimum Gasteiger partial charge on any atom is -0.391 e. The van der Waals surface area contributed by atoms with Crippen molar-refractivity contribution in [3.63, 3.8) is 0 Å². The van der Waals surface area contributed by atoms with E-state index in [-0.39, 0.29) is 24.0 Å². The van der Waals surface area contributed by atoms with Crippen molar-refractivity contribution in [2.75, 3.05) is 6.61 Å². The molecule has 0 aromatic rings. The first-order valence-corrected chi connectivity index (χ1v) is 6.78. The van der Waals surface area contributed by atoms with Crippen LogP contribution in [0, 0.1) is 5.92 Å². The molecule has 4 nitrogen and oxygen atoms in total. The van der Waals surface area contributed by atoms with Gasteiger partial charge in [-0.2, -0.15) is 0 Å². The van der Waals surface area contributed by atoms with Crippen LogP contribution < -0.4 is 5.32 Å². The minimum absolute atomic E-state index is 0.0408. The van der Waals surface area contributed by atoms with Crippen molar-refractivity contribution < 1.29 is 14.6 Å². The summed E-state index contributed by atoms with van der Waals surface area (Å²) in [7, 11) is 0. The first-order chi connectivity index (χ1) is 8.18. The molecule has 0 bridgehead atoms. The van der Waals surface area contributed by atoms with E-state index < -0.39 is 6.10 Å². The summed E-state index contributed by atoms with van der Waals surface area (Å²) < 4.78 is 5.44. The van der Waals surface area contributed by atoms with Crippen LogP contribution in [0.3, 0.4) is 0 Å². The maximum Gasteiger partial charge on any atom is 0.249 e. The van der Waals surface area contributed by atoms with Crippen LogP contribution >= 0.6 is 0 Å². The molecule has 2 aliphatic rings. The van der Waals surface area contributed by atoms with Crippen LogP contribution in [0.15, 0.2) is 0 Å². The van der Waals surface area contributed by atoms with Crippen LogP contribution in [0.5, 0.6) is 0 Å². The lowest BCUT2D eigenvalue weighted by atomic mass is 10.0. The number of aliphatic hydroxyl groups is 1. The Morgan fingerprint density at radius 3 is 2.71 bits per heavy atom. The van der Waals surface area contributed by atoms with Gasteiger partial charge in [0.25, 0.3) is 0 Å². The Morgan fingerprint density at radius 2 is 2.00 bits per heavy atom. The van der Waals surface area contributed by atoms with Crippen LogP contribution in [0.2, 0.25) is 0 Å². The highest BCUT2D eigenvalue weighted by Crippen LogP contribution is 2.22. The van der Waals surface area contributed by atoms with E-state index in [4.69, 9.17) is 4.74 Å². The van der Waals surface area contributed by atoms with Crippen LogP contribution in [-0.2, 0) is 9.53 Å². The predicted molar refractivity (Wildman–Crippen MR) is 64.5 cm³/mol. The van der Waals surface area contributed by atoms with Gasteiger partial charge in [0.15, 0.2) is 0 Å². The number of rotatable bonds is 2. The minimum atomic E-state index is -0.391. The van der Waals surface area contributed by atoms with Gasteiger partial charge in [-0.3, -0.25) is 4.79 Å². The van der Waals surface area contributed by atoms with Crippen LogP contribution in [0.1, 0.15) is 45.4 Å². The van der Waals surface area contributed by atoms with Gasteiger partial charge in [0, 0.05) is 6.61 Å². The molecule has 0 aromatic heterocycles. The summed E-state index contributed by atoms with van der Waals surface area (Å²) in [5, 5.41) is 12.9. The highest BCUT2D eigenvalue weighted by atomic mass is 16.5. The first-order valence-electron chi connectivity index (χ1n) is 6.78. The molecule has 1 heterocycles. The van der Waals surface area contributed by atoms with Crippen LogP contribution in [0.4, 0.5) is 0 Å². The molecule has 0 radical (unpaired) electrons. The van der Waals surface area contributed by atoms with E-state index in [1.54, 1.807) is 0 Å². The maximum absolute atomic E-state index is 12.0. The third-order valence-electron chi connectivity index (χ3n) is 3.95. The number of nitrogens with one attached hydrogen (secondary N) is 1. The molecule has 1 saturated carbocycles. The van der Waals surface area contributed by atoms with E-state index in [0.717, 1.165) is 38.5 Å². The van der Waals surface area contributed by atoms with Gasteiger partial charge < -0.3 is 15.2 Å². The van der Waals surface area contributed by atoms with E-state index in [1.165, 1.54) is 0 Å². The SMILES string of the molecule is CC1CCOC1C(=O)NC1CCCCCC1O. The highest BCUT2D eigenvalue weighted by Gasteiger charge is 2.33. The monoisotopic (exact) mass is 241 g/mol. The molecule has 1 aliphatic heterocycles. The summed E-state index contributed by atoms with van der Waals surface area (Å²) in [5.74, 6) is 0.249. The average Bonchev–Trinajstić information content (AvgIpc) is 2.63. The number of carbonyl (C=O) groups is 1. The number of hydrogen-bond acceptors (Lipinski definition) is 3. The fourth-order valence-corrected chi connectivity index (χ4v) is 2.75. The summed E-state index contributed by atoms with van der Waals surface area (Å²) in [4.78, 5) is 12.0. The zero-order valence-corrected chi connectivity index (χ0v) is 10.5. The second-order valence-electron chi connectivity index (χ2n) is 5.38. The van der Waals surface area contributed by atoms with E-state index >= 15 is 0 Å². The molecule has 98 valence electrons. The molecule has 17 heavy (non-hydrogen) atoms. The van der Waals surface area contributed by atoms with Gasteiger partial charge in [-0.05, 0) is 25.2 Å². The predicted octanol–water partition coefficient (Wildman–Crippen LogP) is 1.22. The van der Waals surface area contributed by atoms with Gasteiger partial charge >= 0.3 is 0 Å². The molecule has 2 rings (SSSR count). The number of hydrogen-bond donors (Lipinski definition) is 2. The van der Waals surface area contributed by atoms with E-state index in [2.05, 4.69) is 5.32 Å². The largest absolute Gasteiger partial charge is 0.391 e. The summed E-state index contributed by atoms with van der Waals surface area (Å²) in [5.41, 5.74) is 0. The van der Waals surface area contributed by atoms with Crippen molar-refractivity contribution in [1.29, 1.82) is 0 Å². The zero-order valence-electron chi connectivity index (χ0n) is 10.5. The first kappa shape index (κ1) is 12.8. The smallest absolute Gasteiger partial charge is 0.249 e. The Kier molecular flexibility index (Phi) is 4.40. The fraction of sp³-hybridized carbons (Fsp3) is 0.923. The van der Waals surface area contributed by atoms with Crippen molar-refractivity contribution in [2.45, 2.75) is 63.7 Å². The second-order valence-corrected chi connectivity index (χ2v) is 5.38. The van der Waals surface area contributed by atoms with Crippen molar-refractivity contribution in [3.8, 4) is 0 Å². The molecule has 1 amide bonds. The molecule has 0 spiro atoms. The lowest BCUT2D eigenvalue weighted by Gasteiger charge is -2.24. The number of carbonyl (C=O) groups excluding carboxylic acids is 1. The Morgan fingerprint density at radius 1 is 1.24 bits per heavy atom. The van der Waals surface area contributed by atoms with Gasteiger partial charge in [-0.1, -0.05) is 26.2 Å². The average molecular weight is 241 g/mol. The topological polar surface area (TPSA) is 58.6 Å². The summed E-state index contributed by atoms with van der Waals surface area (Å²) >= 11 is 0. The Bertz CT molecular complexity index is 269. The lowest BCUT2D eigenvalue weighted by Crippen LogP contribution is -2.47. The third kappa shape index (κ3) is 3.19. The van der Waals surface area contributed by atoms with Crippen LogP contribution in [-0.4, -0.2) is 35.9 Å². The summed E-state index contributed by atoms with van der Waals surface area (Å²) in [6.07, 6.45) is 5.22. The Labute approximate surface area is 103 Å². The van der Waals surface area contributed by atoms with Crippen molar-refractivity contribution >= 4 is 5.91 Å². The molecular weight excluding hydrogens is 218 g/mol.